The molecule has 2 atom stereocenters. The first kappa shape index (κ1) is 17.5. The zero-order chi connectivity index (χ0) is 16.7. The summed E-state index contributed by atoms with van der Waals surface area (Å²) in [5.74, 6) is 0.944. The molecule has 4 saturated carbocycles. The van der Waals surface area contributed by atoms with Gasteiger partial charge in [-0.1, -0.05) is 5.04 Å². The van der Waals surface area contributed by atoms with E-state index in [0.717, 1.165) is 44.1 Å². The lowest BCUT2D eigenvalue weighted by Gasteiger charge is -2.61. The number of rotatable bonds is 7. The number of hydrogen-bond acceptors (Lipinski definition) is 7. The van der Waals surface area contributed by atoms with Gasteiger partial charge in [-0.3, -0.25) is 4.79 Å². The molecule has 0 amide bonds. The molecule has 6 nitrogen and oxygen atoms in total. The molecule has 0 spiro atoms. The SMILES string of the molecule is CC(C)(SOOO)C(=O)OCC12CC3CC(CC(CO)(C3)C1)C2. The predicted octanol–water partition coefficient (Wildman–Crippen LogP) is 2.96. The Hall–Kier alpha value is -0.340. The van der Waals surface area contributed by atoms with Gasteiger partial charge in [0.15, 0.2) is 0 Å². The van der Waals surface area contributed by atoms with Gasteiger partial charge in [-0.25, -0.2) is 5.26 Å². The molecule has 0 aromatic heterocycles. The van der Waals surface area contributed by atoms with Gasteiger partial charge < -0.3 is 9.84 Å². The zero-order valence-corrected chi connectivity index (χ0v) is 14.6. The lowest BCUT2D eigenvalue weighted by Crippen LogP contribution is -2.55. The van der Waals surface area contributed by atoms with E-state index in [1.54, 1.807) is 13.8 Å². The van der Waals surface area contributed by atoms with Gasteiger partial charge in [0.25, 0.3) is 0 Å². The Morgan fingerprint density at radius 1 is 1.22 bits per heavy atom. The average molecular weight is 346 g/mol. The van der Waals surface area contributed by atoms with Crippen LogP contribution in [0.5, 0.6) is 0 Å². The Bertz CT molecular complexity index is 451. The minimum atomic E-state index is -0.959. The minimum absolute atomic E-state index is 0.0254. The standard InChI is InChI=1S/C16H26O6S/c1-14(2,23-22-21-19)13(18)20-10-16-6-11-3-12(7-16)5-15(4-11,8-16)9-17/h11-12,17,19H,3-10H2,1-2H3. The van der Waals surface area contributed by atoms with Crippen molar-refractivity contribution in [2.24, 2.45) is 22.7 Å². The second kappa shape index (κ2) is 6.19. The van der Waals surface area contributed by atoms with Gasteiger partial charge in [0.05, 0.1) is 18.6 Å². The number of aliphatic hydroxyl groups excluding tert-OH is 1. The number of esters is 1. The molecular weight excluding hydrogens is 320 g/mol. The molecule has 0 aromatic carbocycles. The van der Waals surface area contributed by atoms with Crippen LogP contribution in [-0.2, 0) is 18.9 Å². The molecule has 4 fully saturated rings. The van der Waals surface area contributed by atoms with E-state index in [1.165, 1.54) is 6.42 Å². The molecule has 7 heteroatoms. The molecule has 0 saturated heterocycles. The first-order chi connectivity index (χ1) is 10.8. The molecule has 0 heterocycles. The summed E-state index contributed by atoms with van der Waals surface area (Å²) in [5, 5.41) is 21.7. The van der Waals surface area contributed by atoms with Crippen LogP contribution in [0.15, 0.2) is 0 Å². The topological polar surface area (TPSA) is 85.2 Å². The molecule has 4 rings (SSSR count). The van der Waals surface area contributed by atoms with E-state index in [2.05, 4.69) is 9.37 Å². The van der Waals surface area contributed by atoms with Crippen molar-refractivity contribution >= 4 is 18.0 Å². The van der Waals surface area contributed by atoms with Crippen LogP contribution in [0.1, 0.15) is 52.4 Å². The summed E-state index contributed by atoms with van der Waals surface area (Å²) in [6.45, 7) is 3.98. The van der Waals surface area contributed by atoms with Gasteiger partial charge >= 0.3 is 5.97 Å². The first-order valence-electron chi connectivity index (χ1n) is 8.26. The highest BCUT2D eigenvalue weighted by Crippen LogP contribution is 2.65. The van der Waals surface area contributed by atoms with Crippen molar-refractivity contribution < 1.29 is 29.3 Å². The van der Waals surface area contributed by atoms with Crippen LogP contribution in [0.25, 0.3) is 0 Å². The fraction of sp³-hybridized carbons (Fsp3) is 0.938. The Morgan fingerprint density at radius 3 is 2.39 bits per heavy atom. The van der Waals surface area contributed by atoms with Crippen LogP contribution < -0.4 is 0 Å². The Balaban J connectivity index is 1.63. The van der Waals surface area contributed by atoms with Crippen molar-refractivity contribution in [3.8, 4) is 0 Å². The lowest BCUT2D eigenvalue weighted by atomic mass is 9.44. The van der Waals surface area contributed by atoms with E-state index in [1.807, 2.05) is 0 Å². The number of carbonyl (C=O) groups is 1. The Labute approximate surface area is 140 Å². The lowest BCUT2D eigenvalue weighted by molar-refractivity contribution is -0.432. The van der Waals surface area contributed by atoms with E-state index < -0.39 is 4.75 Å². The normalized spacial score (nSPS) is 38.8. The fourth-order valence-corrected chi connectivity index (χ4v) is 5.86. The van der Waals surface area contributed by atoms with Gasteiger partial charge in [0.1, 0.15) is 4.75 Å². The summed E-state index contributed by atoms with van der Waals surface area (Å²) < 4.78 is 9.05. The third-order valence-corrected chi connectivity index (χ3v) is 6.62. The average Bonchev–Trinajstić information content (AvgIpc) is 2.49. The molecule has 4 bridgehead atoms. The van der Waals surface area contributed by atoms with E-state index in [-0.39, 0.29) is 23.4 Å². The van der Waals surface area contributed by atoms with Crippen LogP contribution in [0.4, 0.5) is 0 Å². The fourth-order valence-electron chi connectivity index (χ4n) is 5.53. The van der Waals surface area contributed by atoms with Gasteiger partial charge in [0, 0.05) is 12.0 Å². The Morgan fingerprint density at radius 2 is 1.83 bits per heavy atom. The smallest absolute Gasteiger partial charge is 0.324 e. The molecular formula is C16H26O6S. The van der Waals surface area contributed by atoms with Gasteiger partial charge in [-0.05, 0) is 69.6 Å². The summed E-state index contributed by atoms with van der Waals surface area (Å²) in [7, 11) is 0. The summed E-state index contributed by atoms with van der Waals surface area (Å²) in [4.78, 5) is 12.3. The largest absolute Gasteiger partial charge is 0.464 e. The first-order valence-corrected chi connectivity index (χ1v) is 9.00. The number of ether oxygens (including phenoxy) is 1. The van der Waals surface area contributed by atoms with E-state index in [9.17, 15) is 9.90 Å². The second-order valence-electron chi connectivity index (χ2n) is 8.43. The van der Waals surface area contributed by atoms with Crippen LogP contribution in [0.3, 0.4) is 0 Å². The summed E-state index contributed by atoms with van der Waals surface area (Å²) in [5.41, 5.74) is 0.0755. The highest BCUT2D eigenvalue weighted by Gasteiger charge is 2.58. The monoisotopic (exact) mass is 346 g/mol. The van der Waals surface area contributed by atoms with Gasteiger partial charge in [-0.2, -0.15) is 0 Å². The summed E-state index contributed by atoms with van der Waals surface area (Å²) >= 11 is 0.721. The number of aliphatic hydroxyl groups is 1. The van der Waals surface area contributed by atoms with E-state index >= 15 is 0 Å². The molecule has 0 aromatic rings. The van der Waals surface area contributed by atoms with Crippen molar-refractivity contribution in [2.45, 2.75) is 57.1 Å². The van der Waals surface area contributed by atoms with Crippen LogP contribution >= 0.6 is 12.0 Å². The highest BCUT2D eigenvalue weighted by atomic mass is 32.2. The Kier molecular flexibility index (Phi) is 4.70. The summed E-state index contributed by atoms with van der Waals surface area (Å²) in [6, 6.07) is 0. The van der Waals surface area contributed by atoms with Crippen molar-refractivity contribution in [3.63, 3.8) is 0 Å². The van der Waals surface area contributed by atoms with Crippen LogP contribution in [-0.4, -0.2) is 34.3 Å². The predicted molar refractivity (Wildman–Crippen MR) is 84.1 cm³/mol. The van der Waals surface area contributed by atoms with Crippen molar-refractivity contribution in [1.29, 1.82) is 0 Å². The van der Waals surface area contributed by atoms with E-state index in [0.29, 0.717) is 18.4 Å². The third kappa shape index (κ3) is 3.39. The van der Waals surface area contributed by atoms with Crippen LogP contribution in [0, 0.1) is 22.7 Å². The molecule has 0 aliphatic heterocycles. The maximum Gasteiger partial charge on any atom is 0.324 e. The minimum Gasteiger partial charge on any atom is -0.464 e. The summed E-state index contributed by atoms with van der Waals surface area (Å²) in [6.07, 6.45) is 6.67. The molecule has 2 N–H and O–H groups in total. The van der Waals surface area contributed by atoms with Crippen molar-refractivity contribution in [2.75, 3.05) is 13.2 Å². The molecule has 4 aliphatic rings. The molecule has 0 radical (unpaired) electrons. The number of carbonyl (C=O) groups excluding carboxylic acids is 1. The van der Waals surface area contributed by atoms with Crippen LogP contribution in [0.2, 0.25) is 0 Å². The maximum atomic E-state index is 12.3. The van der Waals surface area contributed by atoms with Gasteiger partial charge in [0.2, 0.25) is 0 Å². The quantitative estimate of drug-likeness (QED) is 0.317. The molecule has 2 unspecified atom stereocenters. The van der Waals surface area contributed by atoms with Crippen molar-refractivity contribution in [3.05, 3.63) is 0 Å². The highest BCUT2D eigenvalue weighted by molar-refractivity contribution is 7.96. The van der Waals surface area contributed by atoms with Gasteiger partial charge in [-0.15, -0.1) is 4.33 Å². The molecule has 23 heavy (non-hydrogen) atoms. The third-order valence-electron chi connectivity index (χ3n) is 5.91. The second-order valence-corrected chi connectivity index (χ2v) is 9.75. The maximum absolute atomic E-state index is 12.3. The van der Waals surface area contributed by atoms with E-state index in [4.69, 9.17) is 9.99 Å². The molecule has 132 valence electrons. The molecule has 4 aliphatic carbocycles. The van der Waals surface area contributed by atoms with Crippen molar-refractivity contribution in [1.82, 2.24) is 0 Å². The number of hydrogen-bond donors (Lipinski definition) is 2. The zero-order valence-electron chi connectivity index (χ0n) is 13.7.